The molecule has 130 valence electrons. The van der Waals surface area contributed by atoms with Crippen LogP contribution in [0, 0.1) is 0 Å². The van der Waals surface area contributed by atoms with Crippen molar-refractivity contribution >= 4 is 11.7 Å². The fraction of sp³-hybridized carbons (Fsp3) is 0.316. The molecular formula is C19H17F3N2O. The van der Waals surface area contributed by atoms with E-state index in [1.807, 2.05) is 0 Å². The lowest BCUT2D eigenvalue weighted by molar-refractivity contribution is -0.163. The van der Waals surface area contributed by atoms with Crippen LogP contribution < -0.4 is 4.90 Å². The maximum Gasteiger partial charge on any atom is 0.401 e. The van der Waals surface area contributed by atoms with Crippen molar-refractivity contribution in [3.63, 3.8) is 0 Å². The van der Waals surface area contributed by atoms with Crippen LogP contribution in [0.1, 0.15) is 17.0 Å². The fourth-order valence-electron chi connectivity index (χ4n) is 4.27. The van der Waals surface area contributed by atoms with Crippen LogP contribution in [-0.2, 0) is 5.41 Å². The number of anilines is 1. The summed E-state index contributed by atoms with van der Waals surface area (Å²) in [5.41, 5.74) is -0.673. The van der Waals surface area contributed by atoms with Gasteiger partial charge in [0.2, 0.25) is 0 Å². The van der Waals surface area contributed by atoms with E-state index in [0.717, 1.165) is 0 Å². The fourth-order valence-corrected chi connectivity index (χ4v) is 4.27. The van der Waals surface area contributed by atoms with Crippen LogP contribution in [0.15, 0.2) is 54.6 Å². The third-order valence-electron chi connectivity index (χ3n) is 5.28. The smallest absolute Gasteiger partial charge is 0.330 e. The molecule has 3 nitrogen and oxygen atoms in total. The highest BCUT2D eigenvalue weighted by Gasteiger charge is 2.84. The van der Waals surface area contributed by atoms with Crippen LogP contribution in [-0.4, -0.2) is 37.2 Å². The Hall–Kier alpha value is -2.50. The highest BCUT2D eigenvalue weighted by Crippen LogP contribution is 2.74. The Bertz CT molecular complexity index is 834. The summed E-state index contributed by atoms with van der Waals surface area (Å²) in [6.45, 7) is 0. The zero-order valence-corrected chi connectivity index (χ0v) is 13.8. The molecule has 1 heterocycles. The lowest BCUT2D eigenvalue weighted by Crippen LogP contribution is -2.46. The van der Waals surface area contributed by atoms with E-state index >= 15 is 0 Å². The number of amides is 2. The van der Waals surface area contributed by atoms with Gasteiger partial charge in [-0.1, -0.05) is 48.5 Å². The highest BCUT2D eigenvalue weighted by molar-refractivity contribution is 5.98. The van der Waals surface area contributed by atoms with Crippen molar-refractivity contribution in [3.8, 4) is 0 Å². The van der Waals surface area contributed by atoms with Gasteiger partial charge in [-0.05, 0) is 17.2 Å². The summed E-state index contributed by atoms with van der Waals surface area (Å²) in [5.74, 6) is -0.769. The molecule has 3 atom stereocenters. The molecule has 0 N–H and O–H groups in total. The molecule has 1 aliphatic heterocycles. The van der Waals surface area contributed by atoms with Crippen LogP contribution in [0.2, 0.25) is 0 Å². The van der Waals surface area contributed by atoms with E-state index < -0.39 is 29.6 Å². The first-order valence-electron chi connectivity index (χ1n) is 8.03. The number of hydrogen-bond acceptors (Lipinski definition) is 1. The molecule has 2 aromatic rings. The second kappa shape index (κ2) is 5.00. The summed E-state index contributed by atoms with van der Waals surface area (Å²) >= 11 is 0. The van der Waals surface area contributed by atoms with E-state index in [-0.39, 0.29) is 5.56 Å². The topological polar surface area (TPSA) is 23.6 Å². The van der Waals surface area contributed by atoms with Gasteiger partial charge in [0, 0.05) is 25.7 Å². The maximum atomic E-state index is 14.3. The van der Waals surface area contributed by atoms with Crippen LogP contribution >= 0.6 is 0 Å². The second-order valence-corrected chi connectivity index (χ2v) is 6.76. The maximum absolute atomic E-state index is 14.3. The molecule has 0 unspecified atom stereocenters. The minimum Gasteiger partial charge on any atom is -0.330 e. The number of urea groups is 1. The molecule has 0 radical (unpaired) electrons. The predicted molar refractivity (Wildman–Crippen MR) is 88.7 cm³/mol. The second-order valence-electron chi connectivity index (χ2n) is 6.76. The van der Waals surface area contributed by atoms with Gasteiger partial charge in [0.05, 0.1) is 6.04 Å². The van der Waals surface area contributed by atoms with Gasteiger partial charge in [0.1, 0.15) is 5.41 Å². The first-order valence-corrected chi connectivity index (χ1v) is 8.03. The Morgan fingerprint density at radius 2 is 1.64 bits per heavy atom. The summed E-state index contributed by atoms with van der Waals surface area (Å²) in [7, 11) is 3.11. The molecule has 2 aliphatic rings. The van der Waals surface area contributed by atoms with Crippen molar-refractivity contribution in [1.82, 2.24) is 4.90 Å². The molecule has 1 aliphatic carbocycles. The Morgan fingerprint density at radius 1 is 1.04 bits per heavy atom. The summed E-state index contributed by atoms with van der Waals surface area (Å²) in [4.78, 5) is 15.3. The summed E-state index contributed by atoms with van der Waals surface area (Å²) in [6.07, 6.45) is -4.46. The van der Waals surface area contributed by atoms with E-state index in [9.17, 15) is 18.0 Å². The first-order chi connectivity index (χ1) is 11.8. The van der Waals surface area contributed by atoms with E-state index in [4.69, 9.17) is 0 Å². The van der Waals surface area contributed by atoms with Crippen molar-refractivity contribution in [2.75, 3.05) is 19.0 Å². The molecule has 1 fully saturated rings. The molecule has 6 heteroatoms. The molecule has 0 bridgehead atoms. The van der Waals surface area contributed by atoms with Gasteiger partial charge in [-0.2, -0.15) is 13.2 Å². The number of hydrogen-bond donors (Lipinski definition) is 0. The van der Waals surface area contributed by atoms with Gasteiger partial charge in [0.25, 0.3) is 0 Å². The van der Waals surface area contributed by atoms with Crippen LogP contribution in [0.3, 0.4) is 0 Å². The van der Waals surface area contributed by atoms with Crippen molar-refractivity contribution in [2.24, 2.45) is 0 Å². The number of fused-ring (bicyclic) bond motifs is 3. The predicted octanol–water partition coefficient (Wildman–Crippen LogP) is 4.15. The summed E-state index contributed by atoms with van der Waals surface area (Å²) in [5, 5.41) is 0. The third-order valence-corrected chi connectivity index (χ3v) is 5.28. The van der Waals surface area contributed by atoms with Gasteiger partial charge in [-0.3, -0.25) is 4.90 Å². The minimum absolute atomic E-state index is 0.212. The first kappa shape index (κ1) is 16.0. The van der Waals surface area contributed by atoms with Crippen LogP contribution in [0.4, 0.5) is 23.7 Å². The number of para-hydroxylation sites is 1. The lowest BCUT2D eigenvalue weighted by atomic mass is 9.88. The van der Waals surface area contributed by atoms with Crippen molar-refractivity contribution in [1.29, 1.82) is 0 Å². The molecule has 25 heavy (non-hydrogen) atoms. The molecule has 0 saturated heterocycles. The Morgan fingerprint density at radius 3 is 2.24 bits per heavy atom. The number of nitrogens with zero attached hydrogens (tertiary/aromatic N) is 2. The van der Waals surface area contributed by atoms with Gasteiger partial charge in [-0.25, -0.2) is 4.79 Å². The van der Waals surface area contributed by atoms with Gasteiger partial charge in [-0.15, -0.1) is 0 Å². The molecule has 0 aromatic heterocycles. The van der Waals surface area contributed by atoms with Crippen LogP contribution in [0.25, 0.3) is 0 Å². The van der Waals surface area contributed by atoms with Gasteiger partial charge < -0.3 is 4.90 Å². The number of benzene rings is 2. The Balaban J connectivity index is 1.93. The molecular weight excluding hydrogens is 329 g/mol. The number of alkyl halides is 3. The Kier molecular flexibility index (Phi) is 3.20. The van der Waals surface area contributed by atoms with Gasteiger partial charge in [0.15, 0.2) is 0 Å². The number of halogens is 3. The normalized spacial score (nSPS) is 26.8. The van der Waals surface area contributed by atoms with Crippen molar-refractivity contribution in [2.45, 2.75) is 23.6 Å². The molecule has 1 saturated carbocycles. The molecule has 0 spiro atoms. The third kappa shape index (κ3) is 1.91. The van der Waals surface area contributed by atoms with Crippen LogP contribution in [0.5, 0.6) is 0 Å². The monoisotopic (exact) mass is 346 g/mol. The highest BCUT2D eigenvalue weighted by atomic mass is 19.4. The van der Waals surface area contributed by atoms with Crippen molar-refractivity contribution < 1.29 is 18.0 Å². The number of carbonyl (C=O) groups excluding carboxylic acids is 1. The Labute approximate surface area is 143 Å². The van der Waals surface area contributed by atoms with E-state index in [1.54, 1.807) is 56.6 Å². The number of rotatable bonds is 1. The molecule has 2 aromatic carbocycles. The van der Waals surface area contributed by atoms with E-state index in [1.165, 1.54) is 21.9 Å². The lowest BCUT2D eigenvalue weighted by Gasteiger charge is -2.32. The average molecular weight is 346 g/mol. The van der Waals surface area contributed by atoms with E-state index in [0.29, 0.717) is 11.3 Å². The summed E-state index contributed by atoms with van der Waals surface area (Å²) in [6, 6.07) is 13.5. The van der Waals surface area contributed by atoms with E-state index in [2.05, 4.69) is 0 Å². The molecule has 2 amide bonds. The van der Waals surface area contributed by atoms with Gasteiger partial charge >= 0.3 is 12.2 Å². The van der Waals surface area contributed by atoms with Crippen molar-refractivity contribution in [3.05, 3.63) is 65.7 Å². The number of carbonyl (C=O) groups is 1. The summed E-state index contributed by atoms with van der Waals surface area (Å²) < 4.78 is 42.8. The standard InChI is InChI=1S/C19H17F3N2O/c1-23(2)17(25)24-14-11-7-6-10-13(14)15-16(24)18(15,19(20,21)22)12-8-4-3-5-9-12/h3-11,15-16H,1-2H3/t15-,16+,18+/m0/s1. The molecule has 4 rings (SSSR count). The largest absolute Gasteiger partial charge is 0.401 e. The minimum atomic E-state index is -4.46. The average Bonchev–Trinajstić information content (AvgIpc) is 3.16. The SMILES string of the molecule is CN(C)C(=O)N1c2ccccc2[C@H]2[C@@H]1[C@]2(c1ccccc1)C(F)(F)F. The zero-order chi connectivity index (χ0) is 18.0. The zero-order valence-electron chi connectivity index (χ0n) is 13.8. The quantitative estimate of drug-likeness (QED) is 0.761.